The summed E-state index contributed by atoms with van der Waals surface area (Å²) in [5.74, 6) is 0. The van der Waals surface area contributed by atoms with E-state index in [9.17, 15) is 0 Å². The highest BCUT2D eigenvalue weighted by atomic mass is 32.1. The number of hydrogen-bond acceptors (Lipinski definition) is 1. The standard InChI is InChI=1S/C54H42N2S/c1-53(2)28-29-54(3,4)44-32-46-42(31-43(44)53)50-39-18-9-8-17-38(39)49-40-19-10-12-20-45(40)55(51(49)52(50)56(46)35-14-6-5-7-15-35)36-25-22-33(23-26-36)34-24-27-48-41(30-34)37-16-11-13-21-47(37)57-48/h5-27,30-32H,28-29H2,1-4H3. The third kappa shape index (κ3) is 4.64. The lowest BCUT2D eigenvalue weighted by Gasteiger charge is -2.42. The molecule has 8 aromatic carbocycles. The van der Waals surface area contributed by atoms with Crippen LogP contribution in [0.4, 0.5) is 0 Å². The summed E-state index contributed by atoms with van der Waals surface area (Å²) in [6.07, 6.45) is 2.36. The molecule has 0 saturated heterocycles. The van der Waals surface area contributed by atoms with E-state index < -0.39 is 0 Å². The molecular formula is C54H42N2S. The van der Waals surface area contributed by atoms with Gasteiger partial charge in [-0.3, -0.25) is 0 Å². The molecule has 0 N–H and O–H groups in total. The second-order valence-corrected chi connectivity index (χ2v) is 18.6. The Morgan fingerprint density at radius 1 is 0.404 bits per heavy atom. The Balaban J connectivity index is 1.21. The number of aromatic nitrogens is 2. The molecule has 0 spiro atoms. The van der Waals surface area contributed by atoms with Gasteiger partial charge in [0.25, 0.3) is 0 Å². The van der Waals surface area contributed by atoms with E-state index in [1.165, 1.54) is 115 Å². The molecule has 0 unspecified atom stereocenters. The van der Waals surface area contributed by atoms with Crippen molar-refractivity contribution in [3.05, 3.63) is 169 Å². The normalized spacial score (nSPS) is 15.2. The van der Waals surface area contributed by atoms with Crippen molar-refractivity contribution in [1.29, 1.82) is 0 Å². The van der Waals surface area contributed by atoms with E-state index in [4.69, 9.17) is 0 Å². The first-order chi connectivity index (χ1) is 27.8. The minimum atomic E-state index is 0.0894. The Morgan fingerprint density at radius 2 is 0.930 bits per heavy atom. The molecule has 0 atom stereocenters. The van der Waals surface area contributed by atoms with Gasteiger partial charge in [-0.25, -0.2) is 0 Å². The van der Waals surface area contributed by atoms with Crippen LogP contribution in [-0.4, -0.2) is 9.13 Å². The molecule has 57 heavy (non-hydrogen) atoms. The molecule has 2 nitrogen and oxygen atoms in total. The van der Waals surface area contributed by atoms with Crippen LogP contribution < -0.4 is 0 Å². The van der Waals surface area contributed by atoms with Crippen LogP contribution >= 0.6 is 11.3 Å². The molecule has 0 bridgehead atoms. The SMILES string of the molecule is CC1(C)CCC(C)(C)c2cc3c(cc21)c1c2ccccc2c2c4ccccc4n(-c4ccc(-c5ccc6sc7ccccc7c6c5)cc4)c2c1n3-c1ccccc1. The predicted octanol–water partition coefficient (Wildman–Crippen LogP) is 15.4. The van der Waals surface area contributed by atoms with E-state index in [-0.39, 0.29) is 10.8 Å². The Kier molecular flexibility index (Phi) is 6.77. The first-order valence-electron chi connectivity index (χ1n) is 20.3. The zero-order chi connectivity index (χ0) is 38.2. The third-order valence-corrected chi connectivity index (χ3v) is 14.5. The summed E-state index contributed by atoms with van der Waals surface area (Å²) in [5.41, 5.74) is 13.0. The molecule has 0 radical (unpaired) electrons. The maximum Gasteiger partial charge on any atom is 0.0795 e. The van der Waals surface area contributed by atoms with Gasteiger partial charge in [0, 0.05) is 53.1 Å². The van der Waals surface area contributed by atoms with Crippen molar-refractivity contribution in [3.63, 3.8) is 0 Å². The van der Waals surface area contributed by atoms with Crippen molar-refractivity contribution >= 4 is 85.9 Å². The molecular weight excluding hydrogens is 709 g/mol. The topological polar surface area (TPSA) is 9.86 Å². The molecule has 3 heteroatoms. The summed E-state index contributed by atoms with van der Waals surface area (Å²) in [6.45, 7) is 9.78. The molecule has 3 aromatic heterocycles. The van der Waals surface area contributed by atoms with E-state index in [1.54, 1.807) is 0 Å². The van der Waals surface area contributed by atoms with E-state index in [1.807, 2.05) is 11.3 Å². The molecule has 0 saturated carbocycles. The molecule has 11 aromatic rings. The highest BCUT2D eigenvalue weighted by Crippen LogP contribution is 2.51. The van der Waals surface area contributed by atoms with E-state index in [2.05, 4.69) is 195 Å². The zero-order valence-corrected chi connectivity index (χ0v) is 33.5. The molecule has 0 aliphatic heterocycles. The summed E-state index contributed by atoms with van der Waals surface area (Å²) in [4.78, 5) is 0. The van der Waals surface area contributed by atoms with E-state index >= 15 is 0 Å². The first kappa shape index (κ1) is 33.0. The van der Waals surface area contributed by atoms with Crippen molar-refractivity contribution in [2.45, 2.75) is 51.4 Å². The molecule has 0 fully saturated rings. The highest BCUT2D eigenvalue weighted by Gasteiger charge is 2.38. The van der Waals surface area contributed by atoms with Crippen LogP contribution in [0.3, 0.4) is 0 Å². The van der Waals surface area contributed by atoms with Crippen LogP contribution in [0.2, 0.25) is 0 Å². The van der Waals surface area contributed by atoms with Gasteiger partial charge in [0.1, 0.15) is 0 Å². The van der Waals surface area contributed by atoms with Crippen LogP contribution in [0.1, 0.15) is 51.7 Å². The lowest BCUT2D eigenvalue weighted by atomic mass is 9.63. The average molecular weight is 751 g/mol. The summed E-state index contributed by atoms with van der Waals surface area (Å²) in [7, 11) is 0. The van der Waals surface area contributed by atoms with Crippen LogP contribution in [0.15, 0.2) is 158 Å². The lowest BCUT2D eigenvalue weighted by molar-refractivity contribution is 0.332. The Labute approximate surface area is 336 Å². The first-order valence-corrected chi connectivity index (χ1v) is 21.1. The monoisotopic (exact) mass is 750 g/mol. The molecule has 1 aliphatic rings. The summed E-state index contributed by atoms with van der Waals surface area (Å²) in [5, 5.41) is 10.5. The number of benzene rings is 8. The summed E-state index contributed by atoms with van der Waals surface area (Å²) >= 11 is 1.87. The Bertz CT molecular complexity index is 3440. The fourth-order valence-corrected chi connectivity index (χ4v) is 11.4. The van der Waals surface area contributed by atoms with Crippen LogP contribution in [0.5, 0.6) is 0 Å². The second-order valence-electron chi connectivity index (χ2n) is 17.6. The number of fused-ring (bicyclic) bond motifs is 14. The predicted molar refractivity (Wildman–Crippen MR) is 246 cm³/mol. The van der Waals surface area contributed by atoms with E-state index in [0.29, 0.717) is 0 Å². The molecule has 12 rings (SSSR count). The molecule has 0 amide bonds. The van der Waals surface area contributed by atoms with Crippen LogP contribution in [-0.2, 0) is 10.8 Å². The van der Waals surface area contributed by atoms with Gasteiger partial charge < -0.3 is 9.13 Å². The fourth-order valence-electron chi connectivity index (χ4n) is 10.3. The maximum absolute atomic E-state index is 2.58. The van der Waals surface area contributed by atoms with Gasteiger partial charge in [0.15, 0.2) is 0 Å². The zero-order valence-electron chi connectivity index (χ0n) is 32.7. The van der Waals surface area contributed by atoms with Crippen LogP contribution in [0.25, 0.3) is 97.1 Å². The van der Waals surface area contributed by atoms with Gasteiger partial charge in [-0.15, -0.1) is 11.3 Å². The minimum absolute atomic E-state index is 0.0894. The smallest absolute Gasteiger partial charge is 0.0795 e. The third-order valence-electron chi connectivity index (χ3n) is 13.4. The van der Waals surface area contributed by atoms with Gasteiger partial charge in [-0.1, -0.05) is 125 Å². The number of para-hydroxylation sites is 2. The molecule has 274 valence electrons. The lowest BCUT2D eigenvalue weighted by Crippen LogP contribution is -2.33. The Morgan fingerprint density at radius 3 is 1.65 bits per heavy atom. The summed E-state index contributed by atoms with van der Waals surface area (Å²) < 4.78 is 7.80. The van der Waals surface area contributed by atoms with Gasteiger partial charge in [0.2, 0.25) is 0 Å². The van der Waals surface area contributed by atoms with Crippen molar-refractivity contribution in [2.24, 2.45) is 0 Å². The number of hydrogen-bond donors (Lipinski definition) is 0. The Hall–Kier alpha value is -6.16. The average Bonchev–Trinajstić information content (AvgIpc) is 3.90. The van der Waals surface area contributed by atoms with Crippen LogP contribution in [0, 0.1) is 0 Å². The maximum atomic E-state index is 2.58. The fraction of sp³-hybridized carbons (Fsp3) is 0.148. The minimum Gasteiger partial charge on any atom is -0.307 e. The van der Waals surface area contributed by atoms with E-state index in [0.717, 1.165) is 5.69 Å². The van der Waals surface area contributed by atoms with Gasteiger partial charge >= 0.3 is 0 Å². The number of thiophene rings is 1. The number of rotatable bonds is 3. The largest absolute Gasteiger partial charge is 0.307 e. The van der Waals surface area contributed by atoms with Gasteiger partial charge in [-0.2, -0.15) is 0 Å². The molecule has 3 heterocycles. The van der Waals surface area contributed by atoms with Crippen molar-refractivity contribution in [3.8, 4) is 22.5 Å². The second kappa shape index (κ2) is 11.7. The quantitative estimate of drug-likeness (QED) is 0.170. The van der Waals surface area contributed by atoms with Gasteiger partial charge in [-0.05, 0) is 117 Å². The highest BCUT2D eigenvalue weighted by molar-refractivity contribution is 7.25. The number of nitrogens with zero attached hydrogens (tertiary/aromatic N) is 2. The molecule has 1 aliphatic carbocycles. The van der Waals surface area contributed by atoms with Crippen molar-refractivity contribution in [1.82, 2.24) is 9.13 Å². The van der Waals surface area contributed by atoms with Crippen molar-refractivity contribution in [2.75, 3.05) is 0 Å². The van der Waals surface area contributed by atoms with Gasteiger partial charge in [0.05, 0.1) is 22.1 Å². The summed E-state index contributed by atoms with van der Waals surface area (Å²) in [6, 6.07) is 59.4. The van der Waals surface area contributed by atoms with Crippen molar-refractivity contribution < 1.29 is 0 Å².